The van der Waals surface area contributed by atoms with Crippen LogP contribution < -0.4 is 5.32 Å². The molecule has 0 aliphatic carbocycles. The first-order chi connectivity index (χ1) is 13.4. The number of hydrogen-bond donors (Lipinski definition) is 1. The van der Waals surface area contributed by atoms with Crippen molar-refractivity contribution in [1.82, 2.24) is 14.6 Å². The van der Waals surface area contributed by atoms with Gasteiger partial charge in [-0.25, -0.2) is 22.1 Å². The van der Waals surface area contributed by atoms with Gasteiger partial charge in [-0.3, -0.25) is 4.79 Å². The molecular weight excluding hydrogens is 401 g/mol. The number of carbonyl (C=O) groups excluding carboxylic acids is 1. The summed E-state index contributed by atoms with van der Waals surface area (Å²) in [6.07, 6.45) is 1.85. The third-order valence-electron chi connectivity index (χ3n) is 4.79. The fraction of sp³-hybridized carbons (Fsp3) is 0.474. The predicted molar refractivity (Wildman–Crippen MR) is 107 cm³/mol. The zero-order valence-corrected chi connectivity index (χ0v) is 17.4. The van der Waals surface area contributed by atoms with E-state index in [1.54, 1.807) is 24.3 Å². The van der Waals surface area contributed by atoms with Crippen molar-refractivity contribution < 1.29 is 17.6 Å². The number of halogens is 1. The van der Waals surface area contributed by atoms with Gasteiger partial charge in [0, 0.05) is 30.8 Å². The van der Waals surface area contributed by atoms with Crippen LogP contribution in [0, 0.1) is 5.82 Å². The Morgan fingerprint density at radius 3 is 2.79 bits per heavy atom. The number of thiazole rings is 1. The molecule has 0 spiro atoms. The van der Waals surface area contributed by atoms with E-state index in [9.17, 15) is 17.6 Å². The number of rotatable bonds is 7. The molecule has 2 heterocycles. The van der Waals surface area contributed by atoms with Crippen molar-refractivity contribution in [3.63, 3.8) is 0 Å². The summed E-state index contributed by atoms with van der Waals surface area (Å²) >= 11 is 1.56. The first kappa shape index (κ1) is 20.9. The van der Waals surface area contributed by atoms with Crippen LogP contribution in [-0.4, -0.2) is 36.7 Å². The number of aromatic nitrogens is 1. The quantitative estimate of drug-likeness (QED) is 0.740. The van der Waals surface area contributed by atoms with E-state index in [-0.39, 0.29) is 17.6 Å². The van der Waals surface area contributed by atoms with Gasteiger partial charge in [0.05, 0.1) is 23.0 Å². The van der Waals surface area contributed by atoms with Crippen LogP contribution in [0.15, 0.2) is 29.6 Å². The number of amides is 1. The first-order valence-electron chi connectivity index (χ1n) is 9.30. The summed E-state index contributed by atoms with van der Waals surface area (Å²) in [4.78, 5) is 16.0. The lowest BCUT2D eigenvalue weighted by atomic mass is 9.99. The molecule has 1 fully saturated rings. The molecule has 6 nitrogen and oxygen atoms in total. The van der Waals surface area contributed by atoms with Gasteiger partial charge in [0.15, 0.2) is 0 Å². The third-order valence-corrected chi connectivity index (χ3v) is 7.70. The number of hydrogen-bond acceptors (Lipinski definition) is 5. The van der Waals surface area contributed by atoms with Crippen LogP contribution in [0.3, 0.4) is 0 Å². The minimum Gasteiger partial charge on any atom is -0.350 e. The average Bonchev–Trinajstić information content (AvgIpc) is 3.15. The highest BCUT2D eigenvalue weighted by Crippen LogP contribution is 2.31. The molecular formula is C19H24FN3O3S2. The van der Waals surface area contributed by atoms with Crippen LogP contribution >= 0.6 is 11.3 Å². The largest absolute Gasteiger partial charge is 0.350 e. The maximum absolute atomic E-state index is 13.3. The first-order valence-corrected chi connectivity index (χ1v) is 11.8. The summed E-state index contributed by atoms with van der Waals surface area (Å²) in [7, 11) is -3.47. The molecule has 2 aromatic rings. The zero-order chi connectivity index (χ0) is 20.1. The molecule has 152 valence electrons. The van der Waals surface area contributed by atoms with Gasteiger partial charge >= 0.3 is 0 Å². The van der Waals surface area contributed by atoms with E-state index in [1.807, 2.05) is 5.38 Å². The van der Waals surface area contributed by atoms with Gasteiger partial charge in [-0.1, -0.05) is 19.1 Å². The predicted octanol–water partition coefficient (Wildman–Crippen LogP) is 3.02. The second-order valence-corrected chi connectivity index (χ2v) is 9.73. The molecule has 28 heavy (non-hydrogen) atoms. The van der Waals surface area contributed by atoms with Crippen molar-refractivity contribution in [3.8, 4) is 0 Å². The van der Waals surface area contributed by atoms with E-state index in [4.69, 9.17) is 0 Å². The van der Waals surface area contributed by atoms with Crippen molar-refractivity contribution in [2.45, 2.75) is 44.4 Å². The molecule has 9 heteroatoms. The minimum absolute atomic E-state index is 0.00800. The highest BCUT2D eigenvalue weighted by Gasteiger charge is 2.30. The lowest BCUT2D eigenvalue weighted by molar-refractivity contribution is -0.120. The minimum atomic E-state index is -3.47. The summed E-state index contributed by atoms with van der Waals surface area (Å²) in [6, 6.07) is 5.72. The Labute approximate surface area is 168 Å². The van der Waals surface area contributed by atoms with Crippen molar-refractivity contribution in [2.24, 2.45) is 0 Å². The van der Waals surface area contributed by atoms with Crippen molar-refractivity contribution in [3.05, 3.63) is 51.7 Å². The van der Waals surface area contributed by atoms with E-state index in [0.29, 0.717) is 44.5 Å². The molecule has 1 aliphatic rings. The second kappa shape index (κ2) is 9.11. The Morgan fingerprint density at radius 1 is 1.36 bits per heavy atom. The molecule has 1 aromatic carbocycles. The van der Waals surface area contributed by atoms with Gasteiger partial charge in [0.2, 0.25) is 15.9 Å². The van der Waals surface area contributed by atoms with E-state index in [0.717, 1.165) is 10.7 Å². The summed E-state index contributed by atoms with van der Waals surface area (Å²) in [5, 5.41) is 5.74. The van der Waals surface area contributed by atoms with E-state index >= 15 is 0 Å². The van der Waals surface area contributed by atoms with E-state index in [1.165, 1.54) is 22.5 Å². The number of piperidine rings is 1. The zero-order valence-electron chi connectivity index (χ0n) is 15.7. The van der Waals surface area contributed by atoms with E-state index < -0.39 is 15.8 Å². The van der Waals surface area contributed by atoms with Crippen molar-refractivity contribution in [2.75, 3.05) is 13.1 Å². The molecule has 0 unspecified atom stereocenters. The Balaban J connectivity index is 1.55. The topological polar surface area (TPSA) is 79.4 Å². The Bertz CT molecular complexity index is 922. The third kappa shape index (κ3) is 5.36. The smallest absolute Gasteiger partial charge is 0.220 e. The Hall–Kier alpha value is -1.84. The van der Waals surface area contributed by atoms with Crippen LogP contribution in [0.4, 0.5) is 4.39 Å². The Kier molecular flexibility index (Phi) is 6.79. The lowest BCUT2D eigenvalue weighted by Crippen LogP contribution is -2.38. The molecule has 3 rings (SSSR count). The maximum atomic E-state index is 13.3. The molecule has 0 radical (unpaired) electrons. The Morgan fingerprint density at radius 2 is 2.11 bits per heavy atom. The van der Waals surface area contributed by atoms with Crippen LogP contribution in [0.2, 0.25) is 0 Å². The lowest BCUT2D eigenvalue weighted by Gasteiger charge is -2.30. The summed E-state index contributed by atoms with van der Waals surface area (Å²) in [6.45, 7) is 3.09. The summed E-state index contributed by atoms with van der Waals surface area (Å²) < 4.78 is 40.1. The number of nitrogens with zero attached hydrogens (tertiary/aromatic N) is 2. The fourth-order valence-electron chi connectivity index (χ4n) is 3.22. The molecule has 0 bridgehead atoms. The van der Waals surface area contributed by atoms with Crippen LogP contribution in [0.5, 0.6) is 0 Å². The molecule has 1 aliphatic heterocycles. The van der Waals surface area contributed by atoms with E-state index in [2.05, 4.69) is 10.3 Å². The highest BCUT2D eigenvalue weighted by atomic mass is 32.2. The fourth-order valence-corrected chi connectivity index (χ4v) is 5.76. The van der Waals surface area contributed by atoms with Gasteiger partial charge < -0.3 is 5.32 Å². The van der Waals surface area contributed by atoms with Gasteiger partial charge in [-0.2, -0.15) is 0 Å². The van der Waals surface area contributed by atoms with Gasteiger partial charge in [0.1, 0.15) is 5.82 Å². The second-order valence-electron chi connectivity index (χ2n) is 6.87. The van der Waals surface area contributed by atoms with Crippen LogP contribution in [0.1, 0.15) is 48.4 Å². The van der Waals surface area contributed by atoms with Crippen LogP contribution in [-0.2, 0) is 27.1 Å². The average molecular weight is 426 g/mol. The van der Waals surface area contributed by atoms with Gasteiger partial charge in [-0.15, -0.1) is 11.3 Å². The van der Waals surface area contributed by atoms with Crippen molar-refractivity contribution >= 4 is 27.3 Å². The monoisotopic (exact) mass is 425 g/mol. The number of carbonyl (C=O) groups is 1. The number of sulfonamides is 1. The molecule has 0 atom stereocenters. The maximum Gasteiger partial charge on any atom is 0.220 e. The van der Waals surface area contributed by atoms with Gasteiger partial charge in [0.25, 0.3) is 0 Å². The molecule has 1 aromatic heterocycles. The van der Waals surface area contributed by atoms with Crippen molar-refractivity contribution in [1.29, 1.82) is 0 Å². The molecule has 1 N–H and O–H groups in total. The van der Waals surface area contributed by atoms with Gasteiger partial charge in [-0.05, 0) is 30.5 Å². The number of benzene rings is 1. The highest BCUT2D eigenvalue weighted by molar-refractivity contribution is 7.88. The SMILES string of the molecule is CCC(=O)NCc1csc(C2CCN(S(=O)(=O)Cc3cccc(F)c3)CC2)n1. The summed E-state index contributed by atoms with van der Waals surface area (Å²) in [5.41, 5.74) is 1.30. The summed E-state index contributed by atoms with van der Waals surface area (Å²) in [5.74, 6) is -0.401. The number of nitrogens with one attached hydrogen (secondary N) is 1. The van der Waals surface area contributed by atoms with Crippen LogP contribution in [0.25, 0.3) is 0 Å². The standard InChI is InChI=1S/C19H24FN3O3S2/c1-2-18(24)21-11-17-12-27-19(22-17)15-6-8-23(9-7-15)28(25,26)13-14-4-3-5-16(20)10-14/h3-5,10,12,15H,2,6-9,11,13H2,1H3,(H,21,24). The molecule has 1 saturated heterocycles. The molecule has 1 amide bonds. The molecule has 0 saturated carbocycles. The normalized spacial score (nSPS) is 16.2.